The maximum absolute atomic E-state index is 5.19. The van der Waals surface area contributed by atoms with E-state index in [-0.39, 0.29) is 0 Å². The zero-order valence-electron chi connectivity index (χ0n) is 11.8. The van der Waals surface area contributed by atoms with Gasteiger partial charge < -0.3 is 19.7 Å². The van der Waals surface area contributed by atoms with E-state index in [0.717, 1.165) is 31.2 Å². The predicted octanol–water partition coefficient (Wildman–Crippen LogP) is 1.29. The fourth-order valence-electron chi connectivity index (χ4n) is 2.36. The Balaban J connectivity index is 2.01. The van der Waals surface area contributed by atoms with Gasteiger partial charge in [0.05, 0.1) is 19.9 Å². The molecule has 0 amide bonds. The van der Waals surface area contributed by atoms with Crippen molar-refractivity contribution in [1.82, 2.24) is 10.3 Å². The first kappa shape index (κ1) is 14.1. The minimum atomic E-state index is 0.556. The Morgan fingerprint density at radius 2 is 2.32 bits per heavy atom. The first-order valence-electron chi connectivity index (χ1n) is 6.81. The van der Waals surface area contributed by atoms with E-state index in [1.807, 2.05) is 12.1 Å². The lowest BCUT2D eigenvalue weighted by atomic mass is 10.2. The van der Waals surface area contributed by atoms with Gasteiger partial charge in [-0.2, -0.15) is 0 Å². The molecule has 1 aromatic rings. The number of ether oxygens (including phenoxy) is 2. The average Bonchev–Trinajstić information content (AvgIpc) is 2.96. The van der Waals surface area contributed by atoms with Crippen molar-refractivity contribution in [3.8, 4) is 5.75 Å². The molecule has 19 heavy (non-hydrogen) atoms. The van der Waals surface area contributed by atoms with Crippen molar-refractivity contribution in [2.45, 2.75) is 18.9 Å². The molecule has 5 nitrogen and oxygen atoms in total. The van der Waals surface area contributed by atoms with Crippen LogP contribution in [0.25, 0.3) is 0 Å². The lowest BCUT2D eigenvalue weighted by Gasteiger charge is -2.26. The molecule has 2 rings (SSSR count). The molecule has 106 valence electrons. The van der Waals surface area contributed by atoms with Gasteiger partial charge in [-0.25, -0.2) is 4.98 Å². The molecule has 1 N–H and O–H groups in total. The Morgan fingerprint density at radius 1 is 1.42 bits per heavy atom. The van der Waals surface area contributed by atoms with E-state index >= 15 is 0 Å². The molecule has 1 atom stereocenters. The van der Waals surface area contributed by atoms with Gasteiger partial charge in [0.15, 0.2) is 0 Å². The number of hydrogen-bond donors (Lipinski definition) is 1. The fourth-order valence-corrected chi connectivity index (χ4v) is 2.36. The van der Waals surface area contributed by atoms with Crippen LogP contribution < -0.4 is 15.0 Å². The topological polar surface area (TPSA) is 46.6 Å². The second-order valence-corrected chi connectivity index (χ2v) is 4.79. The number of rotatable bonds is 7. The van der Waals surface area contributed by atoms with Gasteiger partial charge in [0.25, 0.3) is 0 Å². The number of hydrogen-bond acceptors (Lipinski definition) is 5. The molecule has 5 heteroatoms. The monoisotopic (exact) mass is 265 g/mol. The van der Waals surface area contributed by atoms with Crippen molar-refractivity contribution in [1.29, 1.82) is 0 Å². The van der Waals surface area contributed by atoms with Gasteiger partial charge >= 0.3 is 0 Å². The van der Waals surface area contributed by atoms with Gasteiger partial charge in [-0.15, -0.1) is 0 Å². The van der Waals surface area contributed by atoms with Crippen LogP contribution in [0.4, 0.5) is 5.82 Å². The second-order valence-electron chi connectivity index (χ2n) is 4.79. The third-order valence-corrected chi connectivity index (χ3v) is 3.45. The van der Waals surface area contributed by atoms with Gasteiger partial charge in [-0.3, -0.25) is 0 Å². The minimum absolute atomic E-state index is 0.556. The fraction of sp³-hybridized carbons (Fsp3) is 0.643. The third kappa shape index (κ3) is 4.08. The molecule has 2 heterocycles. The minimum Gasteiger partial charge on any atom is -0.495 e. The van der Waals surface area contributed by atoms with Crippen molar-refractivity contribution >= 4 is 5.82 Å². The highest BCUT2D eigenvalue weighted by atomic mass is 16.5. The number of methoxy groups -OCH3 is 2. The van der Waals surface area contributed by atoms with Crippen molar-refractivity contribution in [3.05, 3.63) is 18.3 Å². The van der Waals surface area contributed by atoms with E-state index < -0.39 is 0 Å². The van der Waals surface area contributed by atoms with E-state index in [1.165, 1.54) is 12.8 Å². The van der Waals surface area contributed by atoms with Crippen molar-refractivity contribution in [3.63, 3.8) is 0 Å². The predicted molar refractivity (Wildman–Crippen MR) is 75.9 cm³/mol. The number of nitrogens with one attached hydrogen (secondary N) is 1. The van der Waals surface area contributed by atoms with Crippen molar-refractivity contribution < 1.29 is 9.47 Å². The van der Waals surface area contributed by atoms with Crippen LogP contribution in [0.5, 0.6) is 5.75 Å². The molecule has 0 aromatic carbocycles. The zero-order chi connectivity index (χ0) is 13.5. The van der Waals surface area contributed by atoms with E-state index in [2.05, 4.69) is 15.2 Å². The molecule has 1 aromatic heterocycles. The molecule has 0 saturated carbocycles. The van der Waals surface area contributed by atoms with E-state index in [1.54, 1.807) is 20.4 Å². The Hall–Kier alpha value is -1.33. The lowest BCUT2D eigenvalue weighted by Crippen LogP contribution is -2.39. The molecule has 1 aliphatic rings. The highest BCUT2D eigenvalue weighted by Crippen LogP contribution is 2.17. The van der Waals surface area contributed by atoms with Crippen LogP contribution in [0.2, 0.25) is 0 Å². The quantitative estimate of drug-likeness (QED) is 0.805. The molecule has 0 aliphatic carbocycles. The van der Waals surface area contributed by atoms with Crippen LogP contribution in [0.3, 0.4) is 0 Å². The zero-order valence-corrected chi connectivity index (χ0v) is 11.8. The summed E-state index contributed by atoms with van der Waals surface area (Å²) in [5.74, 6) is 1.76. The van der Waals surface area contributed by atoms with Crippen LogP contribution in [0.1, 0.15) is 12.8 Å². The highest BCUT2D eigenvalue weighted by Gasteiger charge is 2.18. The number of aromatic nitrogens is 1. The molecule has 1 aliphatic heterocycles. The number of pyridine rings is 1. The molecule has 0 spiro atoms. The van der Waals surface area contributed by atoms with Crippen LogP contribution >= 0.6 is 0 Å². The van der Waals surface area contributed by atoms with Crippen LogP contribution in [-0.4, -0.2) is 51.5 Å². The summed E-state index contributed by atoms with van der Waals surface area (Å²) in [6.45, 7) is 3.66. The molecular weight excluding hydrogens is 242 g/mol. The summed E-state index contributed by atoms with van der Waals surface area (Å²) < 4.78 is 10.3. The second kappa shape index (κ2) is 7.31. The van der Waals surface area contributed by atoms with Crippen molar-refractivity contribution in [2.75, 3.05) is 45.4 Å². The summed E-state index contributed by atoms with van der Waals surface area (Å²) in [5.41, 5.74) is 0. The summed E-state index contributed by atoms with van der Waals surface area (Å²) in [5, 5.41) is 3.52. The van der Waals surface area contributed by atoms with Crippen LogP contribution in [-0.2, 0) is 4.74 Å². The van der Waals surface area contributed by atoms with Crippen LogP contribution in [0, 0.1) is 0 Å². The highest BCUT2D eigenvalue weighted by molar-refractivity contribution is 5.41. The Bertz CT molecular complexity index is 363. The van der Waals surface area contributed by atoms with E-state index in [0.29, 0.717) is 12.6 Å². The smallest absolute Gasteiger partial charge is 0.137 e. The lowest BCUT2D eigenvalue weighted by molar-refractivity contribution is 0.204. The van der Waals surface area contributed by atoms with Gasteiger partial charge in [0.2, 0.25) is 0 Å². The standard InChI is InChI=1S/C14H23N3O2/c1-18-9-8-17(11-12-4-3-7-15-12)14-6-5-13(19-2)10-16-14/h5-6,10,12,15H,3-4,7-9,11H2,1-2H3. The van der Waals surface area contributed by atoms with Crippen LogP contribution in [0.15, 0.2) is 18.3 Å². The summed E-state index contributed by atoms with van der Waals surface area (Å²) in [6.07, 6.45) is 4.26. The molecule has 1 unspecified atom stereocenters. The maximum Gasteiger partial charge on any atom is 0.137 e. The SMILES string of the molecule is COCCN(CC1CCCN1)c1ccc(OC)cn1. The van der Waals surface area contributed by atoms with Gasteiger partial charge in [-0.1, -0.05) is 0 Å². The van der Waals surface area contributed by atoms with E-state index in [9.17, 15) is 0 Å². The largest absolute Gasteiger partial charge is 0.495 e. The van der Waals surface area contributed by atoms with Gasteiger partial charge in [0, 0.05) is 26.2 Å². The van der Waals surface area contributed by atoms with Gasteiger partial charge in [-0.05, 0) is 31.5 Å². The molecule has 0 bridgehead atoms. The van der Waals surface area contributed by atoms with E-state index in [4.69, 9.17) is 9.47 Å². The normalized spacial score (nSPS) is 18.5. The summed E-state index contributed by atoms with van der Waals surface area (Å²) >= 11 is 0. The molecule has 1 fully saturated rings. The summed E-state index contributed by atoms with van der Waals surface area (Å²) in [4.78, 5) is 6.73. The summed E-state index contributed by atoms with van der Waals surface area (Å²) in [6, 6.07) is 4.51. The van der Waals surface area contributed by atoms with Crippen molar-refractivity contribution in [2.24, 2.45) is 0 Å². The first-order chi connectivity index (χ1) is 9.33. The molecule has 0 radical (unpaired) electrons. The van der Waals surface area contributed by atoms with Gasteiger partial charge in [0.1, 0.15) is 11.6 Å². The Kier molecular flexibility index (Phi) is 5.42. The average molecular weight is 265 g/mol. The number of nitrogens with zero attached hydrogens (tertiary/aromatic N) is 2. The third-order valence-electron chi connectivity index (χ3n) is 3.45. The Labute approximate surface area is 114 Å². The maximum atomic E-state index is 5.19. The Morgan fingerprint density at radius 3 is 2.89 bits per heavy atom. The molecular formula is C14H23N3O2. The molecule has 1 saturated heterocycles. The number of anilines is 1. The first-order valence-corrected chi connectivity index (χ1v) is 6.81. The summed E-state index contributed by atoms with van der Waals surface area (Å²) in [7, 11) is 3.38.